The van der Waals surface area contributed by atoms with Crippen molar-refractivity contribution in [2.24, 2.45) is 5.92 Å². The summed E-state index contributed by atoms with van der Waals surface area (Å²) in [6.45, 7) is 3.81. The summed E-state index contributed by atoms with van der Waals surface area (Å²) in [4.78, 5) is 0.0407. The van der Waals surface area contributed by atoms with Crippen molar-refractivity contribution < 1.29 is 12.8 Å². The molecule has 0 aliphatic heterocycles. The van der Waals surface area contributed by atoms with Gasteiger partial charge in [0.25, 0.3) is 0 Å². The van der Waals surface area contributed by atoms with E-state index >= 15 is 0 Å². The maximum atomic E-state index is 13.9. The molecule has 21 heavy (non-hydrogen) atoms. The Hall–Kier alpha value is -0.980. The van der Waals surface area contributed by atoms with E-state index in [1.54, 1.807) is 13.1 Å². The lowest BCUT2D eigenvalue weighted by atomic mass is 9.81. The van der Waals surface area contributed by atoms with E-state index in [1.165, 1.54) is 13.0 Å². The summed E-state index contributed by atoms with van der Waals surface area (Å²) in [6, 6.07) is 2.81. The van der Waals surface area contributed by atoms with Gasteiger partial charge in [-0.3, -0.25) is 0 Å². The van der Waals surface area contributed by atoms with Crippen LogP contribution < -0.4 is 10.0 Å². The lowest BCUT2D eigenvalue weighted by Gasteiger charge is -2.31. The Morgan fingerprint density at radius 1 is 1.38 bits per heavy atom. The van der Waals surface area contributed by atoms with Crippen molar-refractivity contribution in [3.63, 3.8) is 0 Å². The molecule has 6 heteroatoms. The quantitative estimate of drug-likeness (QED) is 0.847. The summed E-state index contributed by atoms with van der Waals surface area (Å²) in [5.41, 5.74) is 0.792. The van der Waals surface area contributed by atoms with Crippen LogP contribution in [0.25, 0.3) is 0 Å². The van der Waals surface area contributed by atoms with Crippen LogP contribution in [-0.4, -0.2) is 21.5 Å². The van der Waals surface area contributed by atoms with Crippen LogP contribution in [0.5, 0.6) is 0 Å². The van der Waals surface area contributed by atoms with Crippen LogP contribution in [0.2, 0.25) is 0 Å². The first-order valence-corrected chi connectivity index (χ1v) is 8.79. The van der Waals surface area contributed by atoms with Gasteiger partial charge >= 0.3 is 0 Å². The number of benzene rings is 1. The highest BCUT2D eigenvalue weighted by Gasteiger charge is 2.29. The molecule has 1 aromatic carbocycles. The summed E-state index contributed by atoms with van der Waals surface area (Å²) in [6.07, 6.45) is 3.26. The average molecular weight is 314 g/mol. The van der Waals surface area contributed by atoms with Crippen molar-refractivity contribution in [2.75, 3.05) is 7.05 Å². The van der Waals surface area contributed by atoms with Crippen LogP contribution in [-0.2, 0) is 16.6 Å². The molecule has 1 aliphatic carbocycles. The number of rotatable bonds is 6. The molecule has 0 spiro atoms. The summed E-state index contributed by atoms with van der Waals surface area (Å²) in [7, 11) is -1.95. The molecule has 2 N–H and O–H groups in total. The SMILES string of the molecule is CNCc1cc(F)c(C)c(S(=O)(=O)NC(C)C2CCC2)c1. The zero-order valence-electron chi connectivity index (χ0n) is 12.7. The van der Waals surface area contributed by atoms with Crippen LogP contribution in [0.15, 0.2) is 17.0 Å². The van der Waals surface area contributed by atoms with Crippen molar-refractivity contribution in [1.82, 2.24) is 10.0 Å². The van der Waals surface area contributed by atoms with Gasteiger partial charge < -0.3 is 5.32 Å². The van der Waals surface area contributed by atoms with Crippen LogP contribution in [0.3, 0.4) is 0 Å². The van der Waals surface area contributed by atoms with Gasteiger partial charge in [-0.15, -0.1) is 0 Å². The molecule has 0 aromatic heterocycles. The smallest absolute Gasteiger partial charge is 0.241 e. The number of nitrogens with one attached hydrogen (secondary N) is 2. The Bertz CT molecular complexity index is 612. The van der Waals surface area contributed by atoms with E-state index in [4.69, 9.17) is 0 Å². The normalized spacial score (nSPS) is 17.5. The van der Waals surface area contributed by atoms with Gasteiger partial charge in [0.1, 0.15) is 5.82 Å². The molecule has 1 saturated carbocycles. The topological polar surface area (TPSA) is 58.2 Å². The van der Waals surface area contributed by atoms with E-state index in [0.717, 1.165) is 19.3 Å². The number of hydrogen-bond donors (Lipinski definition) is 2. The molecule has 0 saturated heterocycles. The Morgan fingerprint density at radius 3 is 2.57 bits per heavy atom. The van der Waals surface area contributed by atoms with Crippen molar-refractivity contribution in [3.05, 3.63) is 29.1 Å². The molecule has 118 valence electrons. The highest BCUT2D eigenvalue weighted by molar-refractivity contribution is 7.89. The number of sulfonamides is 1. The van der Waals surface area contributed by atoms with Gasteiger partial charge in [0.05, 0.1) is 4.90 Å². The van der Waals surface area contributed by atoms with Crippen LogP contribution >= 0.6 is 0 Å². The minimum absolute atomic E-state index is 0.0407. The molecule has 0 radical (unpaired) electrons. The van der Waals surface area contributed by atoms with Gasteiger partial charge in [0.2, 0.25) is 10.0 Å². The molecule has 0 heterocycles. The first kappa shape index (κ1) is 16.4. The molecule has 1 aliphatic rings. The summed E-state index contributed by atoms with van der Waals surface area (Å²) in [5.74, 6) is -0.0927. The highest BCUT2D eigenvalue weighted by atomic mass is 32.2. The van der Waals surface area contributed by atoms with Gasteiger partial charge in [-0.25, -0.2) is 17.5 Å². The summed E-state index contributed by atoms with van der Waals surface area (Å²) in [5, 5.41) is 2.90. The summed E-state index contributed by atoms with van der Waals surface area (Å²) < 4.78 is 41.7. The van der Waals surface area contributed by atoms with E-state index < -0.39 is 15.8 Å². The fourth-order valence-electron chi connectivity index (χ4n) is 2.64. The van der Waals surface area contributed by atoms with E-state index in [-0.39, 0.29) is 16.5 Å². The van der Waals surface area contributed by atoms with Crippen molar-refractivity contribution in [1.29, 1.82) is 0 Å². The lowest BCUT2D eigenvalue weighted by Crippen LogP contribution is -2.40. The first-order chi connectivity index (χ1) is 9.85. The zero-order valence-corrected chi connectivity index (χ0v) is 13.6. The summed E-state index contributed by atoms with van der Waals surface area (Å²) >= 11 is 0. The molecule has 0 amide bonds. The number of hydrogen-bond acceptors (Lipinski definition) is 3. The predicted molar refractivity (Wildman–Crippen MR) is 81.0 cm³/mol. The lowest BCUT2D eigenvalue weighted by molar-refractivity contribution is 0.260. The monoisotopic (exact) mass is 314 g/mol. The molecule has 0 bridgehead atoms. The largest absolute Gasteiger partial charge is 0.316 e. The maximum absolute atomic E-state index is 13.9. The maximum Gasteiger partial charge on any atom is 0.241 e. The highest BCUT2D eigenvalue weighted by Crippen LogP contribution is 2.30. The molecule has 4 nitrogen and oxygen atoms in total. The first-order valence-electron chi connectivity index (χ1n) is 7.31. The molecular formula is C15H23FN2O2S. The van der Waals surface area contributed by atoms with Gasteiger partial charge in [-0.2, -0.15) is 0 Å². The Morgan fingerprint density at radius 2 is 2.05 bits per heavy atom. The fourth-order valence-corrected chi connectivity index (χ4v) is 4.25. The second-order valence-electron chi connectivity index (χ2n) is 5.83. The Labute approximate surface area is 126 Å². The fraction of sp³-hybridized carbons (Fsp3) is 0.600. The Kier molecular flexibility index (Phi) is 5.01. The van der Waals surface area contributed by atoms with Crippen molar-refractivity contribution in [3.8, 4) is 0 Å². The van der Waals surface area contributed by atoms with Gasteiger partial charge in [-0.05, 0) is 57.4 Å². The molecular weight excluding hydrogens is 291 g/mol. The third-order valence-electron chi connectivity index (χ3n) is 4.22. The van der Waals surface area contributed by atoms with Gasteiger partial charge in [-0.1, -0.05) is 6.42 Å². The van der Waals surface area contributed by atoms with E-state index in [0.29, 0.717) is 18.0 Å². The van der Waals surface area contributed by atoms with Crippen LogP contribution in [0, 0.1) is 18.7 Å². The van der Waals surface area contributed by atoms with E-state index in [9.17, 15) is 12.8 Å². The van der Waals surface area contributed by atoms with Crippen LogP contribution in [0.4, 0.5) is 4.39 Å². The standard InChI is InChI=1S/C15H23FN2O2S/c1-10-14(16)7-12(9-17-3)8-15(10)21(19,20)18-11(2)13-5-4-6-13/h7-8,11,13,17-18H,4-6,9H2,1-3H3. The molecule has 1 aromatic rings. The van der Waals surface area contributed by atoms with Gasteiger partial charge in [0, 0.05) is 18.2 Å². The minimum atomic E-state index is -3.69. The molecule has 1 atom stereocenters. The van der Waals surface area contributed by atoms with Crippen LogP contribution in [0.1, 0.15) is 37.3 Å². The van der Waals surface area contributed by atoms with Crippen molar-refractivity contribution >= 4 is 10.0 Å². The third kappa shape index (κ3) is 3.62. The number of halogens is 1. The van der Waals surface area contributed by atoms with Crippen molar-refractivity contribution in [2.45, 2.75) is 50.6 Å². The predicted octanol–water partition coefficient (Wildman–Crippen LogP) is 2.32. The minimum Gasteiger partial charge on any atom is -0.316 e. The van der Waals surface area contributed by atoms with Gasteiger partial charge in [0.15, 0.2) is 0 Å². The molecule has 1 fully saturated rings. The Balaban J connectivity index is 2.29. The third-order valence-corrected chi connectivity index (χ3v) is 5.91. The second kappa shape index (κ2) is 6.42. The second-order valence-corrected chi connectivity index (χ2v) is 7.51. The van der Waals surface area contributed by atoms with E-state index in [1.807, 2.05) is 6.92 Å². The molecule has 2 rings (SSSR count). The average Bonchev–Trinajstić information content (AvgIpc) is 2.30. The zero-order chi connectivity index (χ0) is 15.6. The molecule has 1 unspecified atom stereocenters. The van der Waals surface area contributed by atoms with E-state index in [2.05, 4.69) is 10.0 Å².